The number of nitrogens with zero attached hydrogens (tertiary/aromatic N) is 2. The lowest BCUT2D eigenvalue weighted by Gasteiger charge is -2.17. The zero-order valence-electron chi connectivity index (χ0n) is 15.9. The monoisotopic (exact) mass is 377 g/mol. The van der Waals surface area contributed by atoms with Gasteiger partial charge in [-0.2, -0.15) is 0 Å². The number of furan rings is 1. The van der Waals surface area contributed by atoms with E-state index < -0.39 is 5.82 Å². The molecule has 2 heterocycles. The number of anilines is 1. The van der Waals surface area contributed by atoms with Gasteiger partial charge in [0.05, 0.1) is 25.1 Å². The second-order valence-corrected chi connectivity index (χ2v) is 6.63. The predicted molar refractivity (Wildman–Crippen MR) is 107 cm³/mol. The number of methoxy groups -OCH3 is 1. The Bertz CT molecular complexity index is 1140. The molecule has 6 heteroatoms. The molecular formula is C22H20FN3O2. The van der Waals surface area contributed by atoms with Crippen LogP contribution in [0.2, 0.25) is 0 Å². The van der Waals surface area contributed by atoms with Crippen molar-refractivity contribution in [1.82, 2.24) is 9.97 Å². The van der Waals surface area contributed by atoms with Crippen LogP contribution in [0.3, 0.4) is 0 Å². The number of ether oxygens (including phenoxy) is 1. The Morgan fingerprint density at radius 3 is 2.79 bits per heavy atom. The molecule has 1 atom stereocenters. The quantitative estimate of drug-likeness (QED) is 0.496. The number of aromatic nitrogens is 2. The summed E-state index contributed by atoms with van der Waals surface area (Å²) in [6.07, 6.45) is 1.48. The zero-order valence-corrected chi connectivity index (χ0v) is 15.9. The highest BCUT2D eigenvalue weighted by Crippen LogP contribution is 2.29. The van der Waals surface area contributed by atoms with Crippen LogP contribution < -0.4 is 10.1 Å². The van der Waals surface area contributed by atoms with E-state index >= 15 is 0 Å². The number of rotatable bonds is 5. The van der Waals surface area contributed by atoms with Gasteiger partial charge in [-0.3, -0.25) is 0 Å². The van der Waals surface area contributed by atoms with Crippen molar-refractivity contribution in [2.75, 3.05) is 12.4 Å². The second-order valence-electron chi connectivity index (χ2n) is 6.63. The van der Waals surface area contributed by atoms with Gasteiger partial charge in [-0.1, -0.05) is 12.1 Å². The molecule has 28 heavy (non-hydrogen) atoms. The Morgan fingerprint density at radius 2 is 1.96 bits per heavy atom. The summed E-state index contributed by atoms with van der Waals surface area (Å²) in [4.78, 5) is 8.95. The third-order valence-corrected chi connectivity index (χ3v) is 4.60. The zero-order chi connectivity index (χ0) is 19.7. The Balaban J connectivity index is 1.66. The van der Waals surface area contributed by atoms with Gasteiger partial charge >= 0.3 is 0 Å². The third kappa shape index (κ3) is 3.53. The first-order valence-corrected chi connectivity index (χ1v) is 8.97. The average Bonchev–Trinajstić information content (AvgIpc) is 3.17. The maximum absolute atomic E-state index is 14.3. The van der Waals surface area contributed by atoms with Crippen molar-refractivity contribution in [2.45, 2.75) is 19.9 Å². The molecule has 0 saturated carbocycles. The molecule has 0 radical (unpaired) electrons. The van der Waals surface area contributed by atoms with E-state index in [1.165, 1.54) is 12.3 Å². The van der Waals surface area contributed by atoms with Gasteiger partial charge in [0.1, 0.15) is 17.4 Å². The molecule has 142 valence electrons. The van der Waals surface area contributed by atoms with Crippen molar-refractivity contribution >= 4 is 16.8 Å². The van der Waals surface area contributed by atoms with Gasteiger partial charge in [-0.25, -0.2) is 14.4 Å². The van der Waals surface area contributed by atoms with Gasteiger partial charge in [0.2, 0.25) is 0 Å². The topological polar surface area (TPSA) is 60.2 Å². The van der Waals surface area contributed by atoms with E-state index in [9.17, 15) is 4.39 Å². The van der Waals surface area contributed by atoms with E-state index in [1.54, 1.807) is 13.2 Å². The Hall–Kier alpha value is -3.41. The van der Waals surface area contributed by atoms with E-state index in [-0.39, 0.29) is 11.6 Å². The molecule has 4 aromatic rings. The highest BCUT2D eigenvalue weighted by molar-refractivity contribution is 5.83. The van der Waals surface area contributed by atoms with Crippen LogP contribution in [-0.2, 0) is 0 Å². The number of hydrogen-bond donors (Lipinski definition) is 1. The van der Waals surface area contributed by atoms with E-state index in [4.69, 9.17) is 9.15 Å². The van der Waals surface area contributed by atoms with Crippen LogP contribution in [0.25, 0.3) is 22.2 Å². The number of nitrogens with one attached hydrogen (secondary N) is 1. The summed E-state index contributed by atoms with van der Waals surface area (Å²) in [5.41, 5.74) is 2.64. The number of fused-ring (bicyclic) bond motifs is 1. The first kappa shape index (κ1) is 18.0. The van der Waals surface area contributed by atoms with Crippen molar-refractivity contribution in [3.8, 4) is 17.0 Å². The highest BCUT2D eigenvalue weighted by Gasteiger charge is 2.13. The van der Waals surface area contributed by atoms with Gasteiger partial charge in [0.25, 0.3) is 0 Å². The molecule has 0 fully saturated rings. The highest BCUT2D eigenvalue weighted by atomic mass is 19.1. The van der Waals surface area contributed by atoms with Gasteiger partial charge in [0, 0.05) is 17.0 Å². The molecule has 0 amide bonds. The molecule has 0 saturated heterocycles. The lowest BCUT2D eigenvalue weighted by Crippen LogP contribution is -2.09. The van der Waals surface area contributed by atoms with Crippen molar-refractivity contribution < 1.29 is 13.5 Å². The van der Waals surface area contributed by atoms with Crippen LogP contribution in [0.15, 0.2) is 59.2 Å². The van der Waals surface area contributed by atoms with E-state index in [1.807, 2.05) is 50.2 Å². The maximum Gasteiger partial charge on any atom is 0.169 e. The molecule has 0 aliphatic rings. The van der Waals surface area contributed by atoms with E-state index in [0.29, 0.717) is 28.3 Å². The Labute approximate surface area is 162 Å². The molecule has 5 nitrogen and oxygen atoms in total. The Morgan fingerprint density at radius 1 is 1.11 bits per heavy atom. The molecule has 0 unspecified atom stereocenters. The summed E-state index contributed by atoms with van der Waals surface area (Å²) >= 11 is 0. The van der Waals surface area contributed by atoms with Crippen LogP contribution >= 0.6 is 0 Å². The molecule has 1 N–H and O–H groups in total. The van der Waals surface area contributed by atoms with Crippen LogP contribution in [0.4, 0.5) is 10.2 Å². The predicted octanol–water partition coefficient (Wildman–Crippen LogP) is 5.52. The third-order valence-electron chi connectivity index (χ3n) is 4.60. The van der Waals surface area contributed by atoms with Crippen LogP contribution in [0.5, 0.6) is 5.75 Å². The van der Waals surface area contributed by atoms with Gasteiger partial charge in [-0.05, 0) is 49.7 Å². The summed E-state index contributed by atoms with van der Waals surface area (Å²) in [7, 11) is 1.65. The maximum atomic E-state index is 14.3. The molecule has 2 aromatic carbocycles. The number of halogens is 1. The second kappa shape index (κ2) is 7.31. The molecule has 0 spiro atoms. The SMILES string of the molecule is COc1cccc([C@H](C)Nc2cc(-c3cc(F)c4occc4c3)nc(C)n2)c1. The van der Waals surface area contributed by atoms with E-state index in [2.05, 4.69) is 15.3 Å². The first-order chi connectivity index (χ1) is 13.5. The fourth-order valence-corrected chi connectivity index (χ4v) is 3.19. The summed E-state index contributed by atoms with van der Waals surface area (Å²) in [6, 6.07) is 14.7. The molecule has 4 rings (SSSR count). The lowest BCUT2D eigenvalue weighted by atomic mass is 10.1. The minimum Gasteiger partial charge on any atom is -0.497 e. The van der Waals surface area contributed by atoms with Crippen LogP contribution in [0.1, 0.15) is 24.4 Å². The molecule has 2 aromatic heterocycles. The smallest absolute Gasteiger partial charge is 0.169 e. The van der Waals surface area contributed by atoms with Crippen molar-refractivity contribution in [3.63, 3.8) is 0 Å². The van der Waals surface area contributed by atoms with Gasteiger partial charge in [-0.15, -0.1) is 0 Å². The normalized spacial score (nSPS) is 12.1. The fraction of sp³-hybridized carbons (Fsp3) is 0.182. The minimum absolute atomic E-state index is 0.00494. The minimum atomic E-state index is -0.409. The van der Waals surface area contributed by atoms with Gasteiger partial charge in [0.15, 0.2) is 11.4 Å². The Kier molecular flexibility index (Phi) is 4.69. The summed E-state index contributed by atoms with van der Waals surface area (Å²) in [5, 5.41) is 4.09. The summed E-state index contributed by atoms with van der Waals surface area (Å²) < 4.78 is 24.8. The molecule has 0 bridgehead atoms. The summed E-state index contributed by atoms with van der Waals surface area (Å²) in [5.74, 6) is 1.67. The molecule has 0 aliphatic heterocycles. The van der Waals surface area contributed by atoms with Crippen molar-refractivity contribution in [3.05, 3.63) is 72.0 Å². The van der Waals surface area contributed by atoms with Gasteiger partial charge < -0.3 is 14.5 Å². The van der Waals surface area contributed by atoms with E-state index in [0.717, 1.165) is 11.3 Å². The van der Waals surface area contributed by atoms with Crippen molar-refractivity contribution in [1.29, 1.82) is 0 Å². The van der Waals surface area contributed by atoms with Crippen LogP contribution in [0, 0.1) is 12.7 Å². The first-order valence-electron chi connectivity index (χ1n) is 8.97. The van der Waals surface area contributed by atoms with Crippen LogP contribution in [-0.4, -0.2) is 17.1 Å². The average molecular weight is 377 g/mol. The molecular weight excluding hydrogens is 357 g/mol. The number of aryl methyl sites for hydroxylation is 1. The standard InChI is InChI=1S/C22H20FN3O2/c1-13(15-5-4-6-18(10-15)27-3)24-21-12-20(25-14(2)26-21)17-9-16-7-8-28-22(16)19(23)11-17/h4-13H,1-3H3,(H,24,25,26)/t13-/m0/s1. The lowest BCUT2D eigenvalue weighted by molar-refractivity contribution is 0.414. The number of hydrogen-bond acceptors (Lipinski definition) is 5. The molecule has 0 aliphatic carbocycles. The largest absolute Gasteiger partial charge is 0.497 e. The number of benzene rings is 2. The fourth-order valence-electron chi connectivity index (χ4n) is 3.19. The van der Waals surface area contributed by atoms with Crippen molar-refractivity contribution in [2.24, 2.45) is 0 Å². The summed E-state index contributed by atoms with van der Waals surface area (Å²) in [6.45, 7) is 3.86.